The van der Waals surface area contributed by atoms with Crippen molar-refractivity contribution in [1.82, 2.24) is 7.92 Å². The molecule has 1 aliphatic rings. The van der Waals surface area contributed by atoms with E-state index in [-0.39, 0.29) is 40.8 Å². The Kier molecular flexibility index (Phi) is 8.08. The van der Waals surface area contributed by atoms with E-state index in [1.807, 2.05) is 0 Å². The van der Waals surface area contributed by atoms with E-state index < -0.39 is 15.2 Å². The van der Waals surface area contributed by atoms with Crippen molar-refractivity contribution in [1.29, 1.82) is 0 Å². The van der Waals surface area contributed by atoms with Crippen LogP contribution in [0.2, 0.25) is 15.1 Å². The molecule has 0 saturated carbocycles. The van der Waals surface area contributed by atoms with Gasteiger partial charge in [-0.25, -0.2) is 0 Å². The number of hydrogen-bond acceptors (Lipinski definition) is 6. The van der Waals surface area contributed by atoms with Crippen molar-refractivity contribution < 1.29 is 13.6 Å². The molecule has 1 heterocycles. The molecule has 6 nitrogen and oxygen atoms in total. The average molecular weight is 624 g/mol. The van der Waals surface area contributed by atoms with Gasteiger partial charge in [0.15, 0.2) is 0 Å². The first-order valence-corrected chi connectivity index (χ1v) is 15.6. The van der Waals surface area contributed by atoms with Crippen LogP contribution in [0.25, 0.3) is 0 Å². The molecule has 0 aliphatic carbocycles. The van der Waals surface area contributed by atoms with Gasteiger partial charge in [-0.3, -0.25) is 0 Å². The van der Waals surface area contributed by atoms with Crippen molar-refractivity contribution in [3.8, 4) is 17.2 Å². The average Bonchev–Trinajstić information content (AvgIpc) is 2.80. The summed E-state index contributed by atoms with van der Waals surface area (Å²) in [6.07, 6.45) is 0. The van der Waals surface area contributed by atoms with Gasteiger partial charge in [0.2, 0.25) is 0 Å². The maximum absolute atomic E-state index is 6.81. The van der Waals surface area contributed by atoms with Gasteiger partial charge in [-0.2, -0.15) is 0 Å². The van der Waals surface area contributed by atoms with Gasteiger partial charge in [-0.05, 0) is 0 Å². The molecule has 1 unspecified atom stereocenters. The van der Waals surface area contributed by atoms with Crippen LogP contribution in [0.5, 0.6) is 17.2 Å². The Bertz CT molecular complexity index is 1090. The first-order chi connectivity index (χ1) is 15.7. The standard InChI is InChI=1S/C18H12Cl6N3O3P3/c19-13-7-1-4-10-16(13)28-33(25-31-26(22)32(24)27(33)23,29-17-11-5-2-8-14(17)20)30-18-12-6-3-9-15(18)21/h1-12H. The maximum atomic E-state index is 6.81. The van der Waals surface area contributed by atoms with Crippen LogP contribution in [0, 0.1) is 0 Å². The molecule has 0 radical (unpaired) electrons. The molecule has 1 atom stereocenters. The fourth-order valence-corrected chi connectivity index (χ4v) is 12.5. The van der Waals surface area contributed by atoms with Gasteiger partial charge in [-0.1, -0.05) is 0 Å². The van der Waals surface area contributed by atoms with Crippen molar-refractivity contribution in [2.24, 2.45) is 4.52 Å². The second-order valence-electron chi connectivity index (χ2n) is 6.27. The van der Waals surface area contributed by atoms with Gasteiger partial charge in [0, 0.05) is 0 Å². The van der Waals surface area contributed by atoms with E-state index >= 15 is 0 Å². The summed E-state index contributed by atoms with van der Waals surface area (Å²) >= 11 is 38.9. The SMILES string of the molecule is Clc1ccccc1OP1(Oc2ccccc2Cl)(Oc2ccccc2Cl)N=PN(Cl)P(Cl)N1Cl. The minimum atomic E-state index is -5.05. The quantitative estimate of drug-likeness (QED) is 0.202. The van der Waals surface area contributed by atoms with Crippen LogP contribution in [0.15, 0.2) is 77.3 Å². The van der Waals surface area contributed by atoms with Gasteiger partial charge in [-0.15, -0.1) is 0 Å². The number of benzene rings is 3. The minimum absolute atomic E-state index is 0.159. The molecule has 1 aliphatic heterocycles. The van der Waals surface area contributed by atoms with Crippen LogP contribution in [-0.2, 0) is 0 Å². The Labute approximate surface area is 223 Å². The summed E-state index contributed by atoms with van der Waals surface area (Å²) in [6.45, 7) is 0. The summed E-state index contributed by atoms with van der Waals surface area (Å²) < 4.78 is 26.0. The van der Waals surface area contributed by atoms with E-state index in [2.05, 4.69) is 4.52 Å². The number of halogens is 6. The van der Waals surface area contributed by atoms with Gasteiger partial charge >= 0.3 is 224 Å². The Morgan fingerprint density at radius 2 is 1.06 bits per heavy atom. The second-order valence-corrected chi connectivity index (χ2v) is 15.8. The number of hydrogen-bond donors (Lipinski definition) is 0. The van der Waals surface area contributed by atoms with E-state index in [9.17, 15) is 0 Å². The number of rotatable bonds is 6. The summed E-state index contributed by atoms with van der Waals surface area (Å²) in [7, 11) is -6.84. The molecular weight excluding hydrogens is 612 g/mol. The third-order valence-corrected chi connectivity index (χ3v) is 15.3. The van der Waals surface area contributed by atoms with Crippen molar-refractivity contribution >= 4 is 93.3 Å². The Hall–Kier alpha value is -0.320. The molecule has 0 amide bonds. The molecule has 15 heteroatoms. The van der Waals surface area contributed by atoms with Gasteiger partial charge in [0.05, 0.1) is 0 Å². The Morgan fingerprint density at radius 3 is 1.42 bits per heavy atom. The molecule has 0 saturated heterocycles. The van der Waals surface area contributed by atoms with E-state index in [1.165, 1.54) is 3.96 Å². The first kappa shape index (κ1) is 25.8. The van der Waals surface area contributed by atoms with Crippen molar-refractivity contribution in [2.75, 3.05) is 0 Å². The molecule has 33 heavy (non-hydrogen) atoms. The zero-order valence-electron chi connectivity index (χ0n) is 16.1. The molecule has 174 valence electrons. The summed E-state index contributed by atoms with van der Waals surface area (Å²) in [5, 5.41) is 0.781. The van der Waals surface area contributed by atoms with Gasteiger partial charge in [0.1, 0.15) is 0 Å². The van der Waals surface area contributed by atoms with E-state index in [4.69, 9.17) is 83.2 Å². The van der Waals surface area contributed by atoms with E-state index in [0.29, 0.717) is 0 Å². The van der Waals surface area contributed by atoms with Crippen LogP contribution in [0.4, 0.5) is 0 Å². The predicted octanol–water partition coefficient (Wildman–Crippen LogP) is 10.7. The van der Waals surface area contributed by atoms with Crippen LogP contribution in [0.1, 0.15) is 0 Å². The fourth-order valence-electron chi connectivity index (χ4n) is 2.62. The molecule has 0 fully saturated rings. The van der Waals surface area contributed by atoms with Crippen molar-refractivity contribution in [2.45, 2.75) is 0 Å². The normalized spacial score (nSPS) is 21.5. The zero-order valence-corrected chi connectivity index (χ0v) is 23.3. The molecule has 0 aromatic heterocycles. The predicted molar refractivity (Wildman–Crippen MR) is 141 cm³/mol. The molecule has 0 bridgehead atoms. The third-order valence-electron chi connectivity index (χ3n) is 4.09. The molecule has 0 spiro atoms. The molecule has 3 aromatic carbocycles. The van der Waals surface area contributed by atoms with Gasteiger partial charge in [0.25, 0.3) is 0 Å². The Morgan fingerprint density at radius 1 is 0.697 bits per heavy atom. The third kappa shape index (κ3) is 5.14. The van der Waals surface area contributed by atoms with Gasteiger partial charge < -0.3 is 0 Å². The first-order valence-electron chi connectivity index (χ1n) is 8.92. The summed E-state index contributed by atoms with van der Waals surface area (Å²) in [4.78, 5) is 0. The molecule has 0 N–H and O–H groups in total. The zero-order chi connectivity index (χ0) is 23.7. The van der Waals surface area contributed by atoms with Crippen LogP contribution in [0.3, 0.4) is 0 Å². The molecule has 4 rings (SSSR count). The van der Waals surface area contributed by atoms with E-state index in [0.717, 1.165) is 3.96 Å². The van der Waals surface area contributed by atoms with Crippen LogP contribution >= 0.6 is 93.3 Å². The number of nitrogens with zero attached hydrogens (tertiary/aromatic N) is 3. The molecular formula is C18H12Cl6N3O3P3. The molecule has 3 aromatic rings. The monoisotopic (exact) mass is 621 g/mol. The topological polar surface area (TPSA) is 46.5 Å². The Balaban J connectivity index is 2.00. The van der Waals surface area contributed by atoms with E-state index in [1.54, 1.807) is 72.8 Å². The van der Waals surface area contributed by atoms with Crippen molar-refractivity contribution in [3.05, 3.63) is 87.9 Å². The number of para-hydroxylation sites is 3. The second kappa shape index (κ2) is 10.3. The van der Waals surface area contributed by atoms with Crippen molar-refractivity contribution in [3.63, 3.8) is 0 Å². The fraction of sp³-hybridized carbons (Fsp3) is 0. The van der Waals surface area contributed by atoms with Crippen LogP contribution in [-0.4, -0.2) is 7.92 Å². The van der Waals surface area contributed by atoms with Crippen LogP contribution < -0.4 is 13.6 Å². The summed E-state index contributed by atoms with van der Waals surface area (Å²) in [6, 6.07) is 20.1. The summed E-state index contributed by atoms with van der Waals surface area (Å²) in [5.41, 5.74) is 0. The summed E-state index contributed by atoms with van der Waals surface area (Å²) in [5.74, 6) is 0.552.